The average Bonchev–Trinajstić information content (AvgIpc) is 2.50. The molecule has 1 unspecified atom stereocenters. The molecule has 0 aromatic heterocycles. The summed E-state index contributed by atoms with van der Waals surface area (Å²) in [5.41, 5.74) is 3.07. The van der Waals surface area contributed by atoms with E-state index < -0.39 is 21.9 Å². The first-order valence-corrected chi connectivity index (χ1v) is 9.63. The molecule has 0 heterocycles. The molecule has 0 fully saturated rings. The topological polar surface area (TPSA) is 75.3 Å². The molecule has 0 aliphatic carbocycles. The molecule has 0 saturated carbocycles. The summed E-state index contributed by atoms with van der Waals surface area (Å²) in [6.45, 7) is 3.77. The average molecular weight is 364 g/mol. The summed E-state index contributed by atoms with van der Waals surface area (Å²) in [4.78, 5) is 12.4. The van der Waals surface area contributed by atoms with Crippen LogP contribution in [0.1, 0.15) is 29.2 Å². The van der Waals surface area contributed by atoms with Crippen LogP contribution in [0.3, 0.4) is 0 Å². The normalized spacial score (nSPS) is 12.6. The van der Waals surface area contributed by atoms with Gasteiger partial charge in [0.1, 0.15) is 5.82 Å². The minimum Gasteiger partial charge on any atom is -0.326 e. The molecule has 1 atom stereocenters. The predicted molar refractivity (Wildman–Crippen MR) is 96.3 cm³/mol. The van der Waals surface area contributed by atoms with Gasteiger partial charge in [0.05, 0.1) is 12.3 Å². The molecule has 134 valence electrons. The predicted octanol–water partition coefficient (Wildman–Crippen LogP) is 3.06. The van der Waals surface area contributed by atoms with Gasteiger partial charge in [-0.05, 0) is 42.7 Å². The van der Waals surface area contributed by atoms with E-state index in [0.29, 0.717) is 11.3 Å². The molecular weight excluding hydrogens is 343 g/mol. The fraction of sp³-hybridized carbons (Fsp3) is 0.278. The summed E-state index contributed by atoms with van der Waals surface area (Å²) in [5, 5.41) is 2.83. The molecule has 25 heavy (non-hydrogen) atoms. The van der Waals surface area contributed by atoms with Crippen LogP contribution in [-0.4, -0.2) is 20.6 Å². The Balaban J connectivity index is 2.21. The van der Waals surface area contributed by atoms with Gasteiger partial charge >= 0.3 is 0 Å². The third-order valence-corrected chi connectivity index (χ3v) is 4.48. The molecule has 0 aliphatic heterocycles. The van der Waals surface area contributed by atoms with Crippen LogP contribution in [0.2, 0.25) is 0 Å². The van der Waals surface area contributed by atoms with Gasteiger partial charge in [-0.3, -0.25) is 4.79 Å². The molecule has 1 amide bonds. The highest BCUT2D eigenvalue weighted by Gasteiger charge is 2.20. The number of aryl methyl sites for hydroxylation is 2. The smallest absolute Gasteiger partial charge is 0.226 e. The van der Waals surface area contributed by atoms with Gasteiger partial charge < -0.3 is 5.32 Å². The quantitative estimate of drug-likeness (QED) is 0.827. The number of halogens is 1. The second-order valence-corrected chi connectivity index (χ2v) is 7.79. The highest BCUT2D eigenvalue weighted by atomic mass is 32.2. The highest BCUT2D eigenvalue weighted by Crippen LogP contribution is 2.22. The number of rotatable bonds is 6. The van der Waals surface area contributed by atoms with Gasteiger partial charge in [-0.2, -0.15) is 0 Å². The Morgan fingerprint density at radius 1 is 1.08 bits per heavy atom. The molecule has 2 aromatic carbocycles. The molecule has 0 radical (unpaired) electrons. The fourth-order valence-corrected chi connectivity index (χ4v) is 3.30. The lowest BCUT2D eigenvalue weighted by Gasteiger charge is -2.19. The summed E-state index contributed by atoms with van der Waals surface area (Å²) in [7, 11) is -3.54. The van der Waals surface area contributed by atoms with E-state index in [2.05, 4.69) is 10.0 Å². The first-order chi connectivity index (χ1) is 11.7. The minimum atomic E-state index is -3.54. The van der Waals surface area contributed by atoms with E-state index in [9.17, 15) is 17.6 Å². The first-order valence-electron chi connectivity index (χ1n) is 7.74. The number of carbonyl (C=O) groups excluding carboxylic acids is 1. The number of nitrogens with one attached hydrogen (secondary N) is 2. The second kappa shape index (κ2) is 7.76. The summed E-state index contributed by atoms with van der Waals surface area (Å²) < 4.78 is 38.8. The lowest BCUT2D eigenvalue weighted by atomic mass is 10.0. The molecule has 7 heteroatoms. The number of carbonyl (C=O) groups is 1. The van der Waals surface area contributed by atoms with E-state index >= 15 is 0 Å². The maximum atomic E-state index is 13.1. The van der Waals surface area contributed by atoms with Crippen LogP contribution < -0.4 is 10.0 Å². The molecular formula is C18H21FN2O3S. The standard InChI is InChI=1S/C18H21FN2O3S/c1-12-5-4-6-13(2)18(12)20-17(22)11-16(21-25(3,23)24)14-7-9-15(19)10-8-14/h4-10,16,21H,11H2,1-3H3,(H,20,22). The van der Waals surface area contributed by atoms with Crippen molar-refractivity contribution in [3.05, 3.63) is 65.0 Å². The van der Waals surface area contributed by atoms with Crippen molar-refractivity contribution in [2.75, 3.05) is 11.6 Å². The Hall–Kier alpha value is -2.25. The van der Waals surface area contributed by atoms with Crippen molar-refractivity contribution in [1.82, 2.24) is 4.72 Å². The van der Waals surface area contributed by atoms with Crippen LogP contribution in [0.15, 0.2) is 42.5 Å². The molecule has 0 saturated heterocycles. The van der Waals surface area contributed by atoms with Crippen LogP contribution in [-0.2, 0) is 14.8 Å². The minimum absolute atomic E-state index is 0.105. The molecule has 2 aromatic rings. The monoisotopic (exact) mass is 364 g/mol. The molecule has 0 spiro atoms. The van der Waals surface area contributed by atoms with Crippen molar-refractivity contribution in [2.24, 2.45) is 0 Å². The summed E-state index contributed by atoms with van der Waals surface area (Å²) in [6.07, 6.45) is 0.916. The number of hydrogen-bond donors (Lipinski definition) is 2. The van der Waals surface area contributed by atoms with E-state index in [1.54, 1.807) is 0 Å². The second-order valence-electron chi connectivity index (χ2n) is 6.01. The number of amides is 1. The van der Waals surface area contributed by atoms with Gasteiger partial charge in [0, 0.05) is 12.1 Å². The summed E-state index contributed by atoms with van der Waals surface area (Å²) >= 11 is 0. The van der Waals surface area contributed by atoms with E-state index in [1.807, 2.05) is 32.0 Å². The van der Waals surface area contributed by atoms with Crippen LogP contribution in [0.4, 0.5) is 10.1 Å². The third kappa shape index (κ3) is 5.65. The zero-order valence-electron chi connectivity index (χ0n) is 14.3. The third-order valence-electron chi connectivity index (χ3n) is 3.76. The molecule has 0 bridgehead atoms. The van der Waals surface area contributed by atoms with Crippen molar-refractivity contribution in [3.8, 4) is 0 Å². The van der Waals surface area contributed by atoms with Crippen LogP contribution in [0, 0.1) is 19.7 Å². The van der Waals surface area contributed by atoms with Crippen molar-refractivity contribution in [1.29, 1.82) is 0 Å². The first kappa shape index (κ1) is 19.1. The van der Waals surface area contributed by atoms with Crippen LogP contribution in [0.5, 0.6) is 0 Å². The number of hydrogen-bond acceptors (Lipinski definition) is 3. The number of para-hydroxylation sites is 1. The van der Waals surface area contributed by atoms with E-state index in [-0.39, 0.29) is 12.3 Å². The van der Waals surface area contributed by atoms with Crippen LogP contribution in [0.25, 0.3) is 0 Å². The van der Waals surface area contributed by atoms with E-state index in [0.717, 1.165) is 17.4 Å². The Labute approximate surface area is 147 Å². The Morgan fingerprint density at radius 2 is 1.64 bits per heavy atom. The van der Waals surface area contributed by atoms with Gasteiger partial charge in [-0.15, -0.1) is 0 Å². The lowest BCUT2D eigenvalue weighted by Crippen LogP contribution is -2.31. The van der Waals surface area contributed by atoms with Crippen LogP contribution >= 0.6 is 0 Å². The zero-order valence-corrected chi connectivity index (χ0v) is 15.2. The largest absolute Gasteiger partial charge is 0.326 e. The Morgan fingerprint density at radius 3 is 2.16 bits per heavy atom. The van der Waals surface area contributed by atoms with Gasteiger partial charge in [0.25, 0.3) is 0 Å². The maximum Gasteiger partial charge on any atom is 0.226 e. The van der Waals surface area contributed by atoms with Crippen molar-refractivity contribution in [2.45, 2.75) is 26.3 Å². The lowest BCUT2D eigenvalue weighted by molar-refractivity contribution is -0.116. The fourth-order valence-electron chi connectivity index (χ4n) is 2.57. The van der Waals surface area contributed by atoms with Gasteiger partial charge in [-0.1, -0.05) is 30.3 Å². The van der Waals surface area contributed by atoms with Gasteiger partial charge in [0.15, 0.2) is 0 Å². The van der Waals surface area contributed by atoms with Crippen molar-refractivity contribution >= 4 is 21.6 Å². The molecule has 2 rings (SSSR count). The molecule has 2 N–H and O–H groups in total. The highest BCUT2D eigenvalue weighted by molar-refractivity contribution is 7.88. The summed E-state index contributed by atoms with van der Waals surface area (Å²) in [5.74, 6) is -0.760. The van der Waals surface area contributed by atoms with E-state index in [4.69, 9.17) is 0 Å². The summed E-state index contributed by atoms with van der Waals surface area (Å²) in [6, 6.07) is 10.3. The van der Waals surface area contributed by atoms with Gasteiger partial charge in [-0.25, -0.2) is 17.5 Å². The number of anilines is 1. The molecule has 5 nitrogen and oxygen atoms in total. The number of benzene rings is 2. The molecule has 0 aliphatic rings. The number of sulfonamides is 1. The maximum absolute atomic E-state index is 13.1. The zero-order chi connectivity index (χ0) is 18.6. The Kier molecular flexibility index (Phi) is 5.92. The van der Waals surface area contributed by atoms with Gasteiger partial charge in [0.2, 0.25) is 15.9 Å². The van der Waals surface area contributed by atoms with Crippen molar-refractivity contribution < 1.29 is 17.6 Å². The van der Waals surface area contributed by atoms with E-state index in [1.165, 1.54) is 24.3 Å². The Bertz CT molecular complexity index is 844. The van der Waals surface area contributed by atoms with Crippen molar-refractivity contribution in [3.63, 3.8) is 0 Å². The SMILES string of the molecule is Cc1cccc(C)c1NC(=O)CC(NS(C)(=O)=O)c1ccc(F)cc1.